The molecular weight excluding hydrogens is 293 g/mol. The summed E-state index contributed by atoms with van der Waals surface area (Å²) in [5.41, 5.74) is 0.631. The number of halogens is 2. The molecule has 4 nitrogen and oxygen atoms in total. The van der Waals surface area contributed by atoms with Crippen LogP contribution >= 0.6 is 11.6 Å². The molecule has 0 aliphatic carbocycles. The second-order valence-electron chi connectivity index (χ2n) is 4.40. The van der Waals surface area contributed by atoms with Crippen molar-refractivity contribution in [1.82, 2.24) is 10.2 Å². The molecule has 1 N–H and O–H groups in total. The maximum Gasteiger partial charge on any atom is 0.161 e. The lowest BCUT2D eigenvalue weighted by molar-refractivity contribution is 0.415. The molecule has 0 atom stereocenters. The van der Waals surface area contributed by atoms with E-state index in [1.54, 1.807) is 19.4 Å². The highest BCUT2D eigenvalue weighted by Gasteiger charge is 2.07. The van der Waals surface area contributed by atoms with Crippen molar-refractivity contribution >= 4 is 33.9 Å². The zero-order valence-electron chi connectivity index (χ0n) is 11.1. The number of hydrogen-bond acceptors (Lipinski definition) is 4. The van der Waals surface area contributed by atoms with Gasteiger partial charge in [-0.3, -0.25) is 0 Å². The largest absolute Gasteiger partial charge is 0.497 e. The number of methoxy groups -OCH3 is 1. The predicted octanol–water partition coefficient (Wildman–Crippen LogP) is 4.17. The molecule has 21 heavy (non-hydrogen) atoms. The Morgan fingerprint density at radius 2 is 2.05 bits per heavy atom. The zero-order chi connectivity index (χ0) is 14.8. The minimum atomic E-state index is -0.465. The fourth-order valence-electron chi connectivity index (χ4n) is 1.99. The Bertz CT molecular complexity index is 810. The summed E-state index contributed by atoms with van der Waals surface area (Å²) < 4.78 is 18.4. The highest BCUT2D eigenvalue weighted by atomic mass is 35.5. The van der Waals surface area contributed by atoms with Crippen molar-refractivity contribution < 1.29 is 9.13 Å². The molecule has 0 fully saturated rings. The van der Waals surface area contributed by atoms with Gasteiger partial charge < -0.3 is 10.1 Å². The zero-order valence-corrected chi connectivity index (χ0v) is 11.9. The minimum absolute atomic E-state index is 0.0470. The van der Waals surface area contributed by atoms with E-state index >= 15 is 0 Å². The number of aromatic nitrogens is 2. The van der Waals surface area contributed by atoms with E-state index in [4.69, 9.17) is 16.3 Å². The summed E-state index contributed by atoms with van der Waals surface area (Å²) in [6, 6.07) is 9.98. The number of nitrogens with zero attached hydrogens (tertiary/aromatic N) is 2. The number of anilines is 2. The van der Waals surface area contributed by atoms with Gasteiger partial charge in [0.15, 0.2) is 5.82 Å². The van der Waals surface area contributed by atoms with Gasteiger partial charge in [-0.1, -0.05) is 11.6 Å². The van der Waals surface area contributed by atoms with Crippen molar-refractivity contribution in [1.29, 1.82) is 0 Å². The molecule has 1 aromatic heterocycles. The molecule has 0 unspecified atom stereocenters. The monoisotopic (exact) mass is 303 g/mol. The van der Waals surface area contributed by atoms with Crippen LogP contribution in [0.5, 0.6) is 5.75 Å². The second kappa shape index (κ2) is 5.54. The quantitative estimate of drug-likeness (QED) is 0.788. The molecule has 3 rings (SSSR count). The van der Waals surface area contributed by atoms with Crippen LogP contribution < -0.4 is 10.1 Å². The molecular formula is C15H11ClFN3O. The molecule has 0 aliphatic heterocycles. The van der Waals surface area contributed by atoms with Crippen LogP contribution in [-0.2, 0) is 0 Å². The van der Waals surface area contributed by atoms with Crippen molar-refractivity contribution in [2.45, 2.75) is 0 Å². The van der Waals surface area contributed by atoms with Crippen LogP contribution in [0.1, 0.15) is 0 Å². The number of rotatable bonds is 3. The fraction of sp³-hybridized carbons (Fsp3) is 0.0667. The Balaban J connectivity index is 2.05. The van der Waals surface area contributed by atoms with Gasteiger partial charge in [-0.05, 0) is 36.4 Å². The fourth-order valence-corrected chi connectivity index (χ4v) is 2.17. The number of benzene rings is 2. The maximum atomic E-state index is 13.2. The molecule has 106 valence electrons. The van der Waals surface area contributed by atoms with E-state index in [0.29, 0.717) is 11.5 Å². The van der Waals surface area contributed by atoms with Crippen LogP contribution in [0.3, 0.4) is 0 Å². The average molecular weight is 304 g/mol. The van der Waals surface area contributed by atoms with E-state index in [-0.39, 0.29) is 5.02 Å². The van der Waals surface area contributed by atoms with Gasteiger partial charge in [0.05, 0.1) is 18.3 Å². The van der Waals surface area contributed by atoms with Crippen molar-refractivity contribution in [2.24, 2.45) is 0 Å². The normalized spacial score (nSPS) is 10.6. The van der Waals surface area contributed by atoms with E-state index in [0.717, 1.165) is 16.5 Å². The van der Waals surface area contributed by atoms with Gasteiger partial charge in [0.1, 0.15) is 11.6 Å². The molecule has 0 bridgehead atoms. The summed E-state index contributed by atoms with van der Waals surface area (Å²) in [7, 11) is 1.60. The molecule has 0 spiro atoms. The standard InChI is InChI=1S/C15H11ClFN3O/c1-21-11-4-2-9-8-18-20-15(12(9)7-11)19-10-3-5-14(17)13(16)6-10/h2-8H,1H3,(H,19,20). The summed E-state index contributed by atoms with van der Waals surface area (Å²) in [6.45, 7) is 0. The molecule has 0 saturated carbocycles. The Labute approximate surface area is 125 Å². The third-order valence-electron chi connectivity index (χ3n) is 3.05. The molecule has 3 aromatic rings. The second-order valence-corrected chi connectivity index (χ2v) is 4.81. The molecule has 1 heterocycles. The molecule has 0 aliphatic rings. The first-order valence-electron chi connectivity index (χ1n) is 6.19. The first kappa shape index (κ1) is 13.6. The summed E-state index contributed by atoms with van der Waals surface area (Å²) in [5, 5.41) is 12.9. The lowest BCUT2D eigenvalue weighted by Gasteiger charge is -2.09. The molecule has 0 radical (unpaired) electrons. The van der Waals surface area contributed by atoms with Crippen LogP contribution in [0.15, 0.2) is 42.6 Å². The van der Waals surface area contributed by atoms with Gasteiger partial charge in [-0.25, -0.2) is 4.39 Å². The van der Waals surface area contributed by atoms with Crippen molar-refractivity contribution in [3.63, 3.8) is 0 Å². The highest BCUT2D eigenvalue weighted by Crippen LogP contribution is 2.28. The Hall–Kier alpha value is -2.40. The lowest BCUT2D eigenvalue weighted by atomic mass is 10.2. The van der Waals surface area contributed by atoms with Crippen LogP contribution in [0, 0.1) is 5.82 Å². The third kappa shape index (κ3) is 2.73. The summed E-state index contributed by atoms with van der Waals surface area (Å²) in [6.07, 6.45) is 1.66. The van der Waals surface area contributed by atoms with Gasteiger partial charge in [0.2, 0.25) is 0 Å². The molecule has 0 amide bonds. The highest BCUT2D eigenvalue weighted by molar-refractivity contribution is 6.31. The van der Waals surface area contributed by atoms with E-state index in [1.807, 2.05) is 18.2 Å². The van der Waals surface area contributed by atoms with Crippen molar-refractivity contribution in [3.8, 4) is 5.75 Å². The van der Waals surface area contributed by atoms with Crippen molar-refractivity contribution in [3.05, 3.63) is 53.4 Å². The number of fused-ring (bicyclic) bond motifs is 1. The summed E-state index contributed by atoms with van der Waals surface area (Å²) in [4.78, 5) is 0. The van der Waals surface area contributed by atoms with E-state index < -0.39 is 5.82 Å². The van der Waals surface area contributed by atoms with Crippen LogP contribution in [0.2, 0.25) is 5.02 Å². The Morgan fingerprint density at radius 1 is 1.19 bits per heavy atom. The molecule has 0 saturated heterocycles. The number of hydrogen-bond donors (Lipinski definition) is 1. The van der Waals surface area contributed by atoms with Gasteiger partial charge in [-0.15, -0.1) is 5.10 Å². The predicted molar refractivity (Wildman–Crippen MR) is 80.8 cm³/mol. The first-order valence-corrected chi connectivity index (χ1v) is 6.56. The van der Waals surface area contributed by atoms with Crippen LogP contribution in [0.25, 0.3) is 10.8 Å². The maximum absolute atomic E-state index is 13.2. The average Bonchev–Trinajstić information content (AvgIpc) is 2.51. The molecule has 2 aromatic carbocycles. The van der Waals surface area contributed by atoms with Crippen LogP contribution in [-0.4, -0.2) is 17.3 Å². The lowest BCUT2D eigenvalue weighted by Crippen LogP contribution is -1.97. The smallest absolute Gasteiger partial charge is 0.161 e. The van der Waals surface area contributed by atoms with E-state index in [1.165, 1.54) is 12.1 Å². The van der Waals surface area contributed by atoms with Gasteiger partial charge in [0, 0.05) is 16.5 Å². The topological polar surface area (TPSA) is 47.0 Å². The van der Waals surface area contributed by atoms with Crippen molar-refractivity contribution in [2.75, 3.05) is 12.4 Å². The van der Waals surface area contributed by atoms with Gasteiger partial charge in [-0.2, -0.15) is 5.10 Å². The van der Waals surface area contributed by atoms with Gasteiger partial charge in [0.25, 0.3) is 0 Å². The molecule has 6 heteroatoms. The van der Waals surface area contributed by atoms with E-state index in [9.17, 15) is 4.39 Å². The number of ether oxygens (including phenoxy) is 1. The van der Waals surface area contributed by atoms with Crippen LogP contribution in [0.4, 0.5) is 15.9 Å². The van der Waals surface area contributed by atoms with E-state index in [2.05, 4.69) is 15.5 Å². The number of nitrogens with one attached hydrogen (secondary N) is 1. The first-order chi connectivity index (χ1) is 10.2. The third-order valence-corrected chi connectivity index (χ3v) is 3.34. The minimum Gasteiger partial charge on any atom is -0.497 e. The Morgan fingerprint density at radius 3 is 2.81 bits per heavy atom. The SMILES string of the molecule is COc1ccc2cnnc(Nc3ccc(F)c(Cl)c3)c2c1. The summed E-state index contributed by atoms with van der Waals surface area (Å²) in [5.74, 6) is 0.803. The summed E-state index contributed by atoms with van der Waals surface area (Å²) >= 11 is 5.77. The Kier molecular flexibility index (Phi) is 3.58. The van der Waals surface area contributed by atoms with Gasteiger partial charge >= 0.3 is 0 Å².